The second-order valence-electron chi connectivity index (χ2n) is 5.02. The smallest absolute Gasteiger partial charge is 0.0436 e. The third-order valence-corrected chi connectivity index (χ3v) is 3.70. The number of hydrogen-bond donors (Lipinski definition) is 2. The summed E-state index contributed by atoms with van der Waals surface area (Å²) in [7, 11) is 2.01. The molecule has 0 unspecified atom stereocenters. The van der Waals surface area contributed by atoms with Crippen molar-refractivity contribution in [2.45, 2.75) is 38.1 Å². The fraction of sp³-hybridized carbons (Fsp3) is 0.600. The van der Waals surface area contributed by atoms with Gasteiger partial charge in [0.25, 0.3) is 0 Å². The van der Waals surface area contributed by atoms with Crippen molar-refractivity contribution in [3.05, 3.63) is 35.4 Å². The highest BCUT2D eigenvalue weighted by Crippen LogP contribution is 2.45. The molecular weight excluding hydrogens is 208 g/mol. The lowest BCUT2D eigenvalue weighted by Crippen LogP contribution is -2.31. The molecule has 1 saturated carbocycles. The van der Waals surface area contributed by atoms with Crippen LogP contribution in [0.2, 0.25) is 0 Å². The summed E-state index contributed by atoms with van der Waals surface area (Å²) < 4.78 is 0. The van der Waals surface area contributed by atoms with Crippen molar-refractivity contribution in [2.75, 3.05) is 20.1 Å². The van der Waals surface area contributed by atoms with E-state index in [4.69, 9.17) is 0 Å². The zero-order valence-corrected chi connectivity index (χ0v) is 11.1. The van der Waals surface area contributed by atoms with E-state index in [1.54, 1.807) is 0 Å². The van der Waals surface area contributed by atoms with Gasteiger partial charge < -0.3 is 10.6 Å². The van der Waals surface area contributed by atoms with Crippen LogP contribution in [-0.2, 0) is 12.0 Å². The lowest BCUT2D eigenvalue weighted by molar-refractivity contribution is 0.504. The van der Waals surface area contributed by atoms with Crippen molar-refractivity contribution >= 4 is 0 Å². The summed E-state index contributed by atoms with van der Waals surface area (Å²) >= 11 is 0. The number of hydrogen-bond acceptors (Lipinski definition) is 2. The Bertz CT molecular complexity index is 356. The molecule has 1 aromatic rings. The Morgan fingerprint density at radius 2 is 2.06 bits per heavy atom. The average Bonchev–Trinajstić information content (AvgIpc) is 3.16. The molecule has 2 rings (SSSR count). The van der Waals surface area contributed by atoms with E-state index in [-0.39, 0.29) is 0 Å². The predicted molar refractivity (Wildman–Crippen MR) is 73.3 cm³/mol. The van der Waals surface area contributed by atoms with E-state index >= 15 is 0 Å². The average molecular weight is 232 g/mol. The number of rotatable bonds is 7. The molecule has 2 nitrogen and oxygen atoms in total. The van der Waals surface area contributed by atoms with Crippen LogP contribution in [0.15, 0.2) is 24.3 Å². The van der Waals surface area contributed by atoms with Gasteiger partial charge in [-0.05, 0) is 56.9 Å². The van der Waals surface area contributed by atoms with Gasteiger partial charge in [0.05, 0.1) is 0 Å². The van der Waals surface area contributed by atoms with Crippen molar-refractivity contribution in [3.8, 4) is 0 Å². The van der Waals surface area contributed by atoms with Gasteiger partial charge >= 0.3 is 0 Å². The molecule has 1 aliphatic carbocycles. The van der Waals surface area contributed by atoms with E-state index in [1.165, 1.54) is 30.4 Å². The van der Waals surface area contributed by atoms with Crippen LogP contribution in [0.3, 0.4) is 0 Å². The maximum Gasteiger partial charge on any atom is 0.0436 e. The zero-order chi connectivity index (χ0) is 12.1. The minimum Gasteiger partial charge on any atom is -0.320 e. The normalized spacial score (nSPS) is 17.1. The third-order valence-electron chi connectivity index (χ3n) is 3.70. The van der Waals surface area contributed by atoms with Gasteiger partial charge in [0.15, 0.2) is 0 Å². The summed E-state index contributed by atoms with van der Waals surface area (Å²) in [6.45, 7) is 4.42. The SMILES string of the molecule is CCc1cccc(C2(NCCCNC)CC2)c1. The quantitative estimate of drug-likeness (QED) is 0.706. The van der Waals surface area contributed by atoms with E-state index in [9.17, 15) is 0 Å². The predicted octanol–water partition coefficient (Wildman–Crippen LogP) is 2.44. The van der Waals surface area contributed by atoms with E-state index in [1.807, 2.05) is 7.05 Å². The van der Waals surface area contributed by atoms with Gasteiger partial charge in [-0.25, -0.2) is 0 Å². The fourth-order valence-electron chi connectivity index (χ4n) is 2.37. The van der Waals surface area contributed by atoms with Crippen molar-refractivity contribution < 1.29 is 0 Å². The molecule has 0 aliphatic heterocycles. The Morgan fingerprint density at radius 1 is 1.24 bits per heavy atom. The first-order valence-corrected chi connectivity index (χ1v) is 6.80. The summed E-state index contributed by atoms with van der Waals surface area (Å²) in [4.78, 5) is 0. The summed E-state index contributed by atoms with van der Waals surface area (Å²) in [5.41, 5.74) is 3.24. The van der Waals surface area contributed by atoms with E-state index < -0.39 is 0 Å². The maximum atomic E-state index is 3.73. The molecule has 1 aliphatic rings. The molecule has 0 amide bonds. The molecule has 0 saturated heterocycles. The van der Waals surface area contributed by atoms with Crippen LogP contribution in [0.5, 0.6) is 0 Å². The number of nitrogens with one attached hydrogen (secondary N) is 2. The van der Waals surface area contributed by atoms with Crippen LogP contribution < -0.4 is 10.6 Å². The number of benzene rings is 1. The molecule has 0 bridgehead atoms. The van der Waals surface area contributed by atoms with Crippen LogP contribution in [0.25, 0.3) is 0 Å². The van der Waals surface area contributed by atoms with Gasteiger partial charge in [-0.1, -0.05) is 31.2 Å². The van der Waals surface area contributed by atoms with Crippen LogP contribution in [0, 0.1) is 0 Å². The molecule has 2 N–H and O–H groups in total. The first-order chi connectivity index (χ1) is 8.30. The monoisotopic (exact) mass is 232 g/mol. The first-order valence-electron chi connectivity index (χ1n) is 6.80. The summed E-state index contributed by atoms with van der Waals surface area (Å²) in [5, 5.41) is 6.92. The third kappa shape index (κ3) is 3.08. The first kappa shape index (κ1) is 12.6. The van der Waals surface area contributed by atoms with Gasteiger partial charge in [0.2, 0.25) is 0 Å². The van der Waals surface area contributed by atoms with Crippen molar-refractivity contribution in [1.82, 2.24) is 10.6 Å². The molecule has 0 atom stereocenters. The lowest BCUT2D eigenvalue weighted by atomic mass is 10.0. The Labute approximate surface area is 105 Å². The second kappa shape index (κ2) is 5.65. The van der Waals surface area contributed by atoms with E-state index in [2.05, 4.69) is 41.8 Å². The molecule has 0 radical (unpaired) electrons. The second-order valence-corrected chi connectivity index (χ2v) is 5.02. The van der Waals surface area contributed by atoms with Gasteiger partial charge in [-0.15, -0.1) is 0 Å². The van der Waals surface area contributed by atoms with E-state index in [0.29, 0.717) is 5.54 Å². The molecule has 1 fully saturated rings. The highest BCUT2D eigenvalue weighted by Gasteiger charge is 2.43. The Morgan fingerprint density at radius 3 is 2.71 bits per heavy atom. The lowest BCUT2D eigenvalue weighted by Gasteiger charge is -2.18. The Balaban J connectivity index is 1.95. The Kier molecular flexibility index (Phi) is 4.19. The molecule has 0 heterocycles. The largest absolute Gasteiger partial charge is 0.320 e. The van der Waals surface area contributed by atoms with Crippen LogP contribution in [-0.4, -0.2) is 20.1 Å². The van der Waals surface area contributed by atoms with Gasteiger partial charge in [0.1, 0.15) is 0 Å². The molecule has 94 valence electrons. The fourth-order valence-corrected chi connectivity index (χ4v) is 2.37. The zero-order valence-electron chi connectivity index (χ0n) is 11.1. The number of aryl methyl sites for hydroxylation is 1. The summed E-state index contributed by atoms with van der Waals surface area (Å²) in [5.74, 6) is 0. The molecule has 1 aromatic carbocycles. The topological polar surface area (TPSA) is 24.1 Å². The highest BCUT2D eigenvalue weighted by atomic mass is 15.0. The Hall–Kier alpha value is -0.860. The molecule has 2 heteroatoms. The van der Waals surface area contributed by atoms with Crippen molar-refractivity contribution in [1.29, 1.82) is 0 Å². The van der Waals surface area contributed by atoms with E-state index in [0.717, 1.165) is 19.5 Å². The van der Waals surface area contributed by atoms with Crippen molar-refractivity contribution in [2.24, 2.45) is 0 Å². The maximum absolute atomic E-state index is 3.73. The van der Waals surface area contributed by atoms with Gasteiger partial charge in [-0.3, -0.25) is 0 Å². The van der Waals surface area contributed by atoms with Crippen LogP contribution in [0.1, 0.15) is 37.3 Å². The molecule has 17 heavy (non-hydrogen) atoms. The molecule has 0 spiro atoms. The van der Waals surface area contributed by atoms with Crippen LogP contribution in [0.4, 0.5) is 0 Å². The summed E-state index contributed by atoms with van der Waals surface area (Å²) in [6, 6.07) is 9.07. The van der Waals surface area contributed by atoms with Gasteiger partial charge in [0, 0.05) is 5.54 Å². The van der Waals surface area contributed by atoms with Gasteiger partial charge in [-0.2, -0.15) is 0 Å². The molecule has 0 aromatic heterocycles. The minimum atomic E-state index is 0.304. The van der Waals surface area contributed by atoms with Crippen molar-refractivity contribution in [3.63, 3.8) is 0 Å². The van der Waals surface area contributed by atoms with Crippen LogP contribution >= 0.6 is 0 Å². The highest BCUT2D eigenvalue weighted by molar-refractivity contribution is 5.33. The minimum absolute atomic E-state index is 0.304. The standard InChI is InChI=1S/C15H24N2/c1-3-13-6-4-7-14(12-13)15(8-9-15)17-11-5-10-16-2/h4,6-7,12,16-17H,3,5,8-11H2,1-2H3. The summed E-state index contributed by atoms with van der Waals surface area (Å²) in [6.07, 6.45) is 4.91. The molecular formula is C15H24N2.